The Morgan fingerprint density at radius 1 is 1.10 bits per heavy atom. The third-order valence-corrected chi connectivity index (χ3v) is 5.07. The van der Waals surface area contributed by atoms with Gasteiger partial charge in [-0.2, -0.15) is 18.3 Å². The first-order valence-corrected chi connectivity index (χ1v) is 9.36. The van der Waals surface area contributed by atoms with E-state index in [1.807, 2.05) is 13.0 Å². The quantitative estimate of drug-likeness (QED) is 0.480. The van der Waals surface area contributed by atoms with Crippen molar-refractivity contribution in [3.8, 4) is 11.4 Å². The smallest absolute Gasteiger partial charge is 0.310 e. The summed E-state index contributed by atoms with van der Waals surface area (Å²) in [5.41, 5.74) is 2.38. The van der Waals surface area contributed by atoms with Crippen LogP contribution in [0.2, 0.25) is 0 Å². The highest BCUT2D eigenvalue weighted by Gasteiger charge is 2.30. The zero-order valence-corrected chi connectivity index (χ0v) is 17.0. The van der Waals surface area contributed by atoms with Crippen LogP contribution in [0.25, 0.3) is 22.3 Å². The van der Waals surface area contributed by atoms with E-state index < -0.39 is 11.7 Å². The molecular weight excluding hydrogens is 407 g/mol. The van der Waals surface area contributed by atoms with Crippen molar-refractivity contribution in [2.24, 2.45) is 7.05 Å². The van der Waals surface area contributed by atoms with Crippen LogP contribution in [-0.4, -0.2) is 32.7 Å². The first-order valence-electron chi connectivity index (χ1n) is 9.36. The Morgan fingerprint density at radius 3 is 2.52 bits per heavy atom. The minimum Gasteiger partial charge on any atom is -0.310 e. The van der Waals surface area contributed by atoms with Crippen molar-refractivity contribution in [3.63, 3.8) is 0 Å². The van der Waals surface area contributed by atoms with Gasteiger partial charge in [0.05, 0.1) is 11.1 Å². The van der Waals surface area contributed by atoms with Crippen molar-refractivity contribution < 1.29 is 18.0 Å². The molecule has 0 saturated heterocycles. The molecule has 2 aromatic heterocycles. The molecule has 4 rings (SSSR count). The van der Waals surface area contributed by atoms with Crippen LogP contribution >= 0.6 is 0 Å². The fourth-order valence-electron chi connectivity index (χ4n) is 3.38. The van der Waals surface area contributed by atoms with Gasteiger partial charge in [0.2, 0.25) is 0 Å². The zero-order chi connectivity index (χ0) is 22.3. The summed E-state index contributed by atoms with van der Waals surface area (Å²) in [7, 11) is 3.38. The second-order valence-electron chi connectivity index (χ2n) is 7.17. The van der Waals surface area contributed by atoms with Gasteiger partial charge in [0.25, 0.3) is 5.91 Å². The summed E-state index contributed by atoms with van der Waals surface area (Å²) in [6.07, 6.45) is -1.47. The fraction of sp³-hybridized carbons (Fsp3) is 0.182. The van der Waals surface area contributed by atoms with Crippen LogP contribution in [0.3, 0.4) is 0 Å². The van der Waals surface area contributed by atoms with Gasteiger partial charge >= 0.3 is 6.18 Å². The van der Waals surface area contributed by atoms with E-state index in [1.54, 1.807) is 38.5 Å². The van der Waals surface area contributed by atoms with E-state index in [9.17, 15) is 18.0 Å². The Hall–Kier alpha value is -3.75. The number of carbonyl (C=O) groups excluding carboxylic acids is 1. The summed E-state index contributed by atoms with van der Waals surface area (Å²) in [5.74, 6) is 0.195. The average Bonchev–Trinajstić information content (AvgIpc) is 3.17. The lowest BCUT2D eigenvalue weighted by Gasteiger charge is -2.20. The van der Waals surface area contributed by atoms with Crippen molar-refractivity contribution in [2.45, 2.75) is 13.1 Å². The second kappa shape index (κ2) is 7.50. The van der Waals surface area contributed by atoms with Crippen molar-refractivity contribution in [2.75, 3.05) is 11.9 Å². The molecule has 0 aliphatic heterocycles. The van der Waals surface area contributed by atoms with Crippen molar-refractivity contribution in [1.29, 1.82) is 0 Å². The fourth-order valence-corrected chi connectivity index (χ4v) is 3.38. The molecule has 0 fully saturated rings. The Labute approximate surface area is 176 Å². The van der Waals surface area contributed by atoms with Gasteiger partial charge in [-0.15, -0.1) is 0 Å². The summed E-state index contributed by atoms with van der Waals surface area (Å²) in [6, 6.07) is 10.4. The molecule has 0 aliphatic carbocycles. The number of benzene rings is 2. The van der Waals surface area contributed by atoms with Crippen molar-refractivity contribution >= 4 is 22.5 Å². The molecule has 0 atom stereocenters. The van der Waals surface area contributed by atoms with Crippen LogP contribution in [0.5, 0.6) is 0 Å². The first-order chi connectivity index (χ1) is 14.6. The lowest BCUT2D eigenvalue weighted by Crippen LogP contribution is -2.28. The number of rotatable bonds is 3. The normalized spacial score (nSPS) is 11.7. The largest absolute Gasteiger partial charge is 0.416 e. The highest BCUT2D eigenvalue weighted by atomic mass is 19.4. The van der Waals surface area contributed by atoms with Crippen LogP contribution in [0.15, 0.2) is 54.9 Å². The average molecular weight is 425 g/mol. The van der Waals surface area contributed by atoms with E-state index in [2.05, 4.69) is 15.1 Å². The Bertz CT molecular complexity index is 1300. The first kappa shape index (κ1) is 20.5. The minimum atomic E-state index is -4.42. The van der Waals surface area contributed by atoms with E-state index in [4.69, 9.17) is 0 Å². The molecule has 2 aromatic carbocycles. The van der Waals surface area contributed by atoms with Crippen LogP contribution in [0.1, 0.15) is 21.6 Å². The molecular formula is C22H18F3N5O. The molecule has 0 bridgehead atoms. The third-order valence-electron chi connectivity index (χ3n) is 5.07. The summed E-state index contributed by atoms with van der Waals surface area (Å²) >= 11 is 0. The number of carbonyl (C=O) groups is 1. The monoisotopic (exact) mass is 425 g/mol. The Kier molecular flexibility index (Phi) is 4.96. The molecule has 4 aromatic rings. The number of aryl methyl sites for hydroxylation is 2. The van der Waals surface area contributed by atoms with Crippen LogP contribution in [-0.2, 0) is 13.2 Å². The standard InChI is InChI=1S/C22H18F3N5O/c1-13-10-14(4-7-18(13)29(2)21(31)19-8-9-27-30(19)3)20-26-12-15-11-16(22(23,24)25)5-6-17(15)28-20/h4-12H,1-3H3. The highest BCUT2D eigenvalue weighted by Crippen LogP contribution is 2.32. The molecule has 9 heteroatoms. The molecule has 2 heterocycles. The van der Waals surface area contributed by atoms with Crippen molar-refractivity contribution in [3.05, 3.63) is 71.7 Å². The lowest BCUT2D eigenvalue weighted by molar-refractivity contribution is -0.137. The van der Waals surface area contributed by atoms with Gasteiger partial charge in [0, 0.05) is 43.1 Å². The molecule has 0 spiro atoms. The second-order valence-corrected chi connectivity index (χ2v) is 7.17. The summed E-state index contributed by atoms with van der Waals surface area (Å²) < 4.78 is 40.2. The van der Waals surface area contributed by atoms with Gasteiger partial charge in [0.1, 0.15) is 5.69 Å². The number of halogens is 3. The molecule has 31 heavy (non-hydrogen) atoms. The maximum Gasteiger partial charge on any atom is 0.416 e. The molecule has 0 unspecified atom stereocenters. The Morgan fingerprint density at radius 2 is 1.87 bits per heavy atom. The number of aromatic nitrogens is 4. The number of hydrogen-bond acceptors (Lipinski definition) is 4. The van der Waals surface area contributed by atoms with Crippen LogP contribution in [0, 0.1) is 6.92 Å². The van der Waals surface area contributed by atoms with Crippen LogP contribution < -0.4 is 4.90 Å². The SMILES string of the molecule is Cc1cc(-c2ncc3cc(C(F)(F)F)ccc3n2)ccc1N(C)C(=O)c1ccnn1C. The zero-order valence-electron chi connectivity index (χ0n) is 17.0. The van der Waals surface area contributed by atoms with E-state index >= 15 is 0 Å². The van der Waals surface area contributed by atoms with E-state index in [0.29, 0.717) is 33.7 Å². The maximum absolute atomic E-state index is 12.9. The van der Waals surface area contributed by atoms with Gasteiger partial charge in [-0.05, 0) is 55.0 Å². The molecule has 158 valence electrons. The highest BCUT2D eigenvalue weighted by molar-refractivity contribution is 6.05. The van der Waals surface area contributed by atoms with E-state index in [1.165, 1.54) is 21.8 Å². The molecule has 6 nitrogen and oxygen atoms in total. The molecule has 0 radical (unpaired) electrons. The third kappa shape index (κ3) is 3.86. The van der Waals surface area contributed by atoms with E-state index in [-0.39, 0.29) is 5.91 Å². The number of hydrogen-bond donors (Lipinski definition) is 0. The van der Waals surface area contributed by atoms with E-state index in [0.717, 1.165) is 17.7 Å². The van der Waals surface area contributed by atoms with Gasteiger partial charge in [-0.3, -0.25) is 9.48 Å². The number of amides is 1. The summed E-state index contributed by atoms with van der Waals surface area (Å²) in [4.78, 5) is 22.9. The molecule has 1 amide bonds. The van der Waals surface area contributed by atoms with Crippen LogP contribution in [0.4, 0.5) is 18.9 Å². The predicted molar refractivity (Wildman–Crippen MR) is 111 cm³/mol. The Balaban J connectivity index is 1.65. The van der Waals surface area contributed by atoms with Gasteiger partial charge < -0.3 is 4.90 Å². The molecule has 0 aliphatic rings. The van der Waals surface area contributed by atoms with Gasteiger partial charge in [0.15, 0.2) is 5.82 Å². The topological polar surface area (TPSA) is 63.9 Å². The minimum absolute atomic E-state index is 0.196. The van der Waals surface area contributed by atoms with Crippen molar-refractivity contribution in [1.82, 2.24) is 19.7 Å². The van der Waals surface area contributed by atoms with Gasteiger partial charge in [-0.25, -0.2) is 9.97 Å². The van der Waals surface area contributed by atoms with Gasteiger partial charge in [-0.1, -0.05) is 0 Å². The predicted octanol–water partition coefficient (Wildman–Crippen LogP) is 4.63. The lowest BCUT2D eigenvalue weighted by atomic mass is 10.1. The molecule has 0 N–H and O–H groups in total. The molecule has 0 saturated carbocycles. The number of fused-ring (bicyclic) bond motifs is 1. The number of nitrogens with zero attached hydrogens (tertiary/aromatic N) is 5. The summed E-state index contributed by atoms with van der Waals surface area (Å²) in [5, 5.41) is 4.34. The maximum atomic E-state index is 12.9. The summed E-state index contributed by atoms with van der Waals surface area (Å²) in [6.45, 7) is 1.86. The number of anilines is 1. The number of alkyl halides is 3.